The first-order chi connectivity index (χ1) is 10.1. The number of amides is 1. The first kappa shape index (κ1) is 14.5. The molecule has 0 bridgehead atoms. The molecular weight excluding hydrogens is 262 g/mol. The fourth-order valence-corrected chi connectivity index (χ4v) is 3.71. The van der Waals surface area contributed by atoms with Gasteiger partial charge in [-0.05, 0) is 69.0 Å². The zero-order valence-electron chi connectivity index (χ0n) is 12.8. The van der Waals surface area contributed by atoms with Crippen LogP contribution >= 0.6 is 0 Å². The lowest BCUT2D eigenvalue weighted by Gasteiger charge is -2.35. The summed E-state index contributed by atoms with van der Waals surface area (Å²) < 4.78 is 0. The lowest BCUT2D eigenvalue weighted by molar-refractivity contribution is 0.1000. The lowest BCUT2D eigenvalue weighted by atomic mass is 9.97. The smallest absolute Gasteiger partial charge is 0.248 e. The predicted octanol–water partition coefficient (Wildman–Crippen LogP) is 1.81. The monoisotopic (exact) mass is 287 g/mol. The Kier molecular flexibility index (Phi) is 4.27. The highest BCUT2D eigenvalue weighted by Crippen LogP contribution is 2.27. The second kappa shape index (κ2) is 6.16. The van der Waals surface area contributed by atoms with Crippen LogP contribution in [0.15, 0.2) is 18.2 Å². The molecule has 0 saturated carbocycles. The van der Waals surface area contributed by atoms with Gasteiger partial charge < -0.3 is 16.0 Å². The molecule has 1 amide bonds. The number of nitrogens with one attached hydrogen (secondary N) is 1. The molecule has 2 fully saturated rings. The molecule has 0 aromatic heterocycles. The second-order valence-electron chi connectivity index (χ2n) is 6.44. The molecule has 2 aliphatic rings. The summed E-state index contributed by atoms with van der Waals surface area (Å²) >= 11 is 0. The Morgan fingerprint density at radius 2 is 2.24 bits per heavy atom. The topological polar surface area (TPSA) is 58.4 Å². The molecule has 4 nitrogen and oxygen atoms in total. The van der Waals surface area contributed by atoms with Crippen molar-refractivity contribution in [3.63, 3.8) is 0 Å². The van der Waals surface area contributed by atoms with Gasteiger partial charge in [-0.1, -0.05) is 6.07 Å². The van der Waals surface area contributed by atoms with Gasteiger partial charge in [0, 0.05) is 24.2 Å². The molecule has 2 heterocycles. The first-order valence-electron chi connectivity index (χ1n) is 8.00. The number of nitrogens with two attached hydrogens (primary N) is 1. The van der Waals surface area contributed by atoms with Crippen LogP contribution in [0.25, 0.3) is 0 Å². The Bertz CT molecular complexity index is 529. The van der Waals surface area contributed by atoms with Crippen molar-refractivity contribution in [2.45, 2.75) is 51.2 Å². The maximum atomic E-state index is 11.2. The molecule has 2 atom stereocenters. The van der Waals surface area contributed by atoms with Crippen molar-refractivity contribution in [3.8, 4) is 0 Å². The Morgan fingerprint density at radius 1 is 1.38 bits per heavy atom. The Balaban J connectivity index is 1.56. The number of carbonyl (C=O) groups is 1. The summed E-state index contributed by atoms with van der Waals surface area (Å²) in [7, 11) is 0. The van der Waals surface area contributed by atoms with Gasteiger partial charge in [-0.3, -0.25) is 4.79 Å². The highest BCUT2D eigenvalue weighted by molar-refractivity contribution is 5.93. The number of fused-ring (bicyclic) bond motifs is 1. The number of hydrogen-bond acceptors (Lipinski definition) is 3. The van der Waals surface area contributed by atoms with E-state index < -0.39 is 0 Å². The van der Waals surface area contributed by atoms with Crippen molar-refractivity contribution in [1.29, 1.82) is 0 Å². The molecule has 114 valence electrons. The summed E-state index contributed by atoms with van der Waals surface area (Å²) in [6, 6.07) is 7.16. The molecular formula is C17H25N3O. The molecule has 1 aromatic carbocycles. The van der Waals surface area contributed by atoms with Gasteiger partial charge >= 0.3 is 0 Å². The molecule has 2 saturated heterocycles. The standard InChI is InChI=1S/C17H25N3O/c1-12-9-13(17(18)21)4-5-14(12)11-19-15-6-8-20-7-2-3-16(20)10-15/h4-5,9,15-16,19H,2-3,6-8,10-11H2,1H3,(H2,18,21). The van der Waals surface area contributed by atoms with E-state index in [1.165, 1.54) is 44.3 Å². The van der Waals surface area contributed by atoms with Crippen molar-refractivity contribution >= 4 is 5.91 Å². The number of nitrogens with zero attached hydrogens (tertiary/aromatic N) is 1. The molecule has 0 spiro atoms. The van der Waals surface area contributed by atoms with Crippen LogP contribution in [0.5, 0.6) is 0 Å². The van der Waals surface area contributed by atoms with E-state index >= 15 is 0 Å². The van der Waals surface area contributed by atoms with Crippen molar-refractivity contribution in [2.24, 2.45) is 5.73 Å². The van der Waals surface area contributed by atoms with Crippen LogP contribution in [-0.4, -0.2) is 36.0 Å². The van der Waals surface area contributed by atoms with Crippen molar-refractivity contribution in [3.05, 3.63) is 34.9 Å². The Hall–Kier alpha value is -1.39. The summed E-state index contributed by atoms with van der Waals surface area (Å²) in [6.07, 6.45) is 5.25. The second-order valence-corrected chi connectivity index (χ2v) is 6.44. The number of aryl methyl sites for hydroxylation is 1. The normalized spacial score (nSPS) is 25.8. The molecule has 0 radical (unpaired) electrons. The number of benzene rings is 1. The first-order valence-corrected chi connectivity index (χ1v) is 8.00. The van der Waals surface area contributed by atoms with E-state index in [0.29, 0.717) is 11.6 Å². The van der Waals surface area contributed by atoms with Crippen LogP contribution in [0, 0.1) is 6.92 Å². The van der Waals surface area contributed by atoms with Gasteiger partial charge in [-0.25, -0.2) is 0 Å². The zero-order chi connectivity index (χ0) is 14.8. The van der Waals surface area contributed by atoms with E-state index in [1.807, 2.05) is 25.1 Å². The third-order valence-corrected chi connectivity index (χ3v) is 5.03. The summed E-state index contributed by atoms with van der Waals surface area (Å²) in [5.74, 6) is -0.355. The van der Waals surface area contributed by atoms with E-state index in [1.54, 1.807) is 0 Å². The molecule has 21 heavy (non-hydrogen) atoms. The zero-order valence-corrected chi connectivity index (χ0v) is 12.8. The fraction of sp³-hybridized carbons (Fsp3) is 0.588. The van der Waals surface area contributed by atoms with E-state index in [4.69, 9.17) is 5.73 Å². The summed E-state index contributed by atoms with van der Waals surface area (Å²) in [5.41, 5.74) is 8.30. The van der Waals surface area contributed by atoms with Crippen LogP contribution in [0.4, 0.5) is 0 Å². The van der Waals surface area contributed by atoms with E-state index in [0.717, 1.165) is 18.2 Å². The maximum Gasteiger partial charge on any atom is 0.248 e. The third kappa shape index (κ3) is 3.27. The number of rotatable bonds is 4. The van der Waals surface area contributed by atoms with Crippen LogP contribution in [0.1, 0.15) is 47.2 Å². The Labute approximate surface area is 126 Å². The molecule has 1 aromatic rings. The highest BCUT2D eigenvalue weighted by Gasteiger charge is 2.31. The summed E-state index contributed by atoms with van der Waals surface area (Å²) in [6.45, 7) is 5.46. The minimum atomic E-state index is -0.355. The number of primary amides is 1. The van der Waals surface area contributed by atoms with Crippen LogP contribution in [-0.2, 0) is 6.54 Å². The molecule has 0 aliphatic carbocycles. The van der Waals surface area contributed by atoms with Gasteiger partial charge in [0.25, 0.3) is 0 Å². The lowest BCUT2D eigenvalue weighted by Crippen LogP contribution is -2.45. The quantitative estimate of drug-likeness (QED) is 0.888. The average molecular weight is 287 g/mol. The van der Waals surface area contributed by atoms with E-state index in [9.17, 15) is 4.79 Å². The van der Waals surface area contributed by atoms with Gasteiger partial charge in [0.2, 0.25) is 5.91 Å². The third-order valence-electron chi connectivity index (χ3n) is 5.03. The van der Waals surface area contributed by atoms with Crippen molar-refractivity contribution in [1.82, 2.24) is 10.2 Å². The van der Waals surface area contributed by atoms with Gasteiger partial charge in [-0.2, -0.15) is 0 Å². The largest absolute Gasteiger partial charge is 0.366 e. The fourth-order valence-electron chi connectivity index (χ4n) is 3.71. The van der Waals surface area contributed by atoms with Crippen LogP contribution in [0.3, 0.4) is 0 Å². The number of hydrogen-bond donors (Lipinski definition) is 2. The maximum absolute atomic E-state index is 11.2. The van der Waals surface area contributed by atoms with Crippen molar-refractivity contribution < 1.29 is 4.79 Å². The minimum Gasteiger partial charge on any atom is -0.366 e. The summed E-state index contributed by atoms with van der Waals surface area (Å²) in [4.78, 5) is 13.8. The Morgan fingerprint density at radius 3 is 3.00 bits per heavy atom. The SMILES string of the molecule is Cc1cc(C(N)=O)ccc1CNC1CCN2CCCC2C1. The predicted molar refractivity (Wildman–Crippen MR) is 84.2 cm³/mol. The van der Waals surface area contributed by atoms with E-state index in [2.05, 4.69) is 10.2 Å². The number of piperidine rings is 1. The molecule has 4 heteroatoms. The summed E-state index contributed by atoms with van der Waals surface area (Å²) in [5, 5.41) is 3.70. The van der Waals surface area contributed by atoms with Crippen LogP contribution in [0.2, 0.25) is 0 Å². The highest BCUT2D eigenvalue weighted by atomic mass is 16.1. The molecule has 3 N–H and O–H groups in total. The van der Waals surface area contributed by atoms with Gasteiger partial charge in [0.1, 0.15) is 0 Å². The molecule has 3 rings (SSSR count). The van der Waals surface area contributed by atoms with E-state index in [-0.39, 0.29) is 5.91 Å². The average Bonchev–Trinajstić information content (AvgIpc) is 2.93. The molecule has 2 aliphatic heterocycles. The minimum absolute atomic E-state index is 0.355. The van der Waals surface area contributed by atoms with Gasteiger partial charge in [-0.15, -0.1) is 0 Å². The van der Waals surface area contributed by atoms with Crippen LogP contribution < -0.4 is 11.1 Å². The number of carbonyl (C=O) groups excluding carboxylic acids is 1. The van der Waals surface area contributed by atoms with Gasteiger partial charge in [0.15, 0.2) is 0 Å². The van der Waals surface area contributed by atoms with Gasteiger partial charge in [0.05, 0.1) is 0 Å². The van der Waals surface area contributed by atoms with Crippen molar-refractivity contribution in [2.75, 3.05) is 13.1 Å². The molecule has 2 unspecified atom stereocenters.